The Hall–Kier alpha value is -3.85. The number of primary amides is 1. The zero-order valence-corrected chi connectivity index (χ0v) is 21.0. The number of hydrogen-bond acceptors (Lipinski definition) is 8. The van der Waals surface area contributed by atoms with Crippen molar-refractivity contribution in [3.8, 4) is 0 Å². The third kappa shape index (κ3) is 12.1. The van der Waals surface area contributed by atoms with Gasteiger partial charge < -0.3 is 44.0 Å². The van der Waals surface area contributed by atoms with Crippen molar-refractivity contribution in [3.05, 3.63) is 35.9 Å². The predicted molar refractivity (Wildman–Crippen MR) is 139 cm³/mol. The van der Waals surface area contributed by atoms with Gasteiger partial charge in [0.25, 0.3) is 0 Å². The number of thiol groups is 1. The van der Waals surface area contributed by atoms with Gasteiger partial charge in [0.15, 0.2) is 5.96 Å². The van der Waals surface area contributed by atoms with Gasteiger partial charge in [-0.15, -0.1) is 0 Å². The Morgan fingerprint density at radius 3 is 2.00 bits per heavy atom. The number of nitrogens with one attached hydrogen (secondary N) is 3. The summed E-state index contributed by atoms with van der Waals surface area (Å²) in [5, 5.41) is 16.7. The van der Waals surface area contributed by atoms with Gasteiger partial charge in [0.2, 0.25) is 23.6 Å². The number of rotatable bonds is 16. The fourth-order valence-electron chi connectivity index (χ4n) is 3.14. The number of carboxylic acids is 1. The number of carbonyl (C=O) groups is 5. The molecule has 4 amide bonds. The van der Waals surface area contributed by atoms with E-state index in [1.807, 2.05) is 0 Å². The molecule has 12 N–H and O–H groups in total. The maximum absolute atomic E-state index is 13.2. The SMILES string of the molecule is NC(=O)CC(NC(=O)C(Cc1ccccc1)NC(=O)C(CCCN=C(N)N)NC(=O)C(N)CS)C(=O)O. The Labute approximate surface area is 219 Å². The molecule has 1 rings (SSSR count). The van der Waals surface area contributed by atoms with Crippen LogP contribution in [0, 0.1) is 0 Å². The van der Waals surface area contributed by atoms with Crippen LogP contribution in [0.2, 0.25) is 0 Å². The summed E-state index contributed by atoms with van der Waals surface area (Å²) in [7, 11) is 0. The van der Waals surface area contributed by atoms with Crippen LogP contribution in [0.3, 0.4) is 0 Å². The number of aliphatic imine (C=N–C) groups is 1. The lowest BCUT2D eigenvalue weighted by Crippen LogP contribution is -2.58. The van der Waals surface area contributed by atoms with Crippen LogP contribution < -0.4 is 38.9 Å². The first-order chi connectivity index (χ1) is 17.4. The van der Waals surface area contributed by atoms with Crippen molar-refractivity contribution in [2.45, 2.75) is 49.9 Å². The molecular formula is C22H34N8O6S. The largest absolute Gasteiger partial charge is 0.480 e. The monoisotopic (exact) mass is 538 g/mol. The minimum Gasteiger partial charge on any atom is -0.480 e. The summed E-state index contributed by atoms with van der Waals surface area (Å²) in [6, 6.07) is 3.70. The zero-order chi connectivity index (χ0) is 28.0. The Kier molecular flexibility index (Phi) is 13.5. The van der Waals surface area contributed by atoms with E-state index in [2.05, 4.69) is 33.6 Å². The zero-order valence-electron chi connectivity index (χ0n) is 20.1. The summed E-state index contributed by atoms with van der Waals surface area (Å²) in [5.41, 5.74) is 22.1. The van der Waals surface area contributed by atoms with Crippen LogP contribution in [0.5, 0.6) is 0 Å². The highest BCUT2D eigenvalue weighted by molar-refractivity contribution is 7.80. The van der Waals surface area contributed by atoms with Gasteiger partial charge in [0, 0.05) is 18.7 Å². The van der Waals surface area contributed by atoms with Crippen molar-refractivity contribution in [1.29, 1.82) is 0 Å². The van der Waals surface area contributed by atoms with Crippen LogP contribution in [-0.4, -0.2) is 77.1 Å². The van der Waals surface area contributed by atoms with Crippen LogP contribution in [0.1, 0.15) is 24.8 Å². The number of carbonyl (C=O) groups excluding carboxylic acids is 4. The predicted octanol–water partition coefficient (Wildman–Crippen LogP) is -3.05. The number of benzene rings is 1. The second-order valence-corrected chi connectivity index (χ2v) is 8.48. The van der Waals surface area contributed by atoms with Crippen molar-refractivity contribution >= 4 is 48.2 Å². The van der Waals surface area contributed by atoms with Crippen molar-refractivity contribution in [2.75, 3.05) is 12.3 Å². The molecule has 1 aromatic rings. The van der Waals surface area contributed by atoms with E-state index in [9.17, 15) is 29.1 Å². The van der Waals surface area contributed by atoms with E-state index in [0.29, 0.717) is 12.0 Å². The van der Waals surface area contributed by atoms with Crippen molar-refractivity contribution in [1.82, 2.24) is 16.0 Å². The topological polar surface area (TPSA) is 258 Å². The van der Waals surface area contributed by atoms with Crippen LogP contribution in [0.15, 0.2) is 35.3 Å². The fraction of sp³-hybridized carbons (Fsp3) is 0.455. The highest BCUT2D eigenvalue weighted by Crippen LogP contribution is 2.07. The first-order valence-electron chi connectivity index (χ1n) is 11.3. The average Bonchev–Trinajstić information content (AvgIpc) is 2.84. The molecule has 14 nitrogen and oxygen atoms in total. The van der Waals surface area contributed by atoms with Gasteiger partial charge in [0.1, 0.15) is 18.1 Å². The van der Waals surface area contributed by atoms with Crippen LogP contribution in [0.25, 0.3) is 0 Å². The summed E-state index contributed by atoms with van der Waals surface area (Å²) in [6.45, 7) is 0.182. The summed E-state index contributed by atoms with van der Waals surface area (Å²) in [5.74, 6) is -4.71. The molecule has 0 aromatic heterocycles. The van der Waals surface area contributed by atoms with Gasteiger partial charge in [-0.3, -0.25) is 24.2 Å². The number of amides is 4. The lowest BCUT2D eigenvalue weighted by Gasteiger charge is -2.25. The standard InChI is InChI=1S/C22H34N8O6S/c23-13(11-37)18(32)28-14(7-4-8-27-22(25)26)19(33)29-15(9-12-5-2-1-3-6-12)20(34)30-16(21(35)36)10-17(24)31/h1-3,5-6,13-16,37H,4,7-11,23H2,(H2,24,31)(H,28,32)(H,29,33)(H,30,34)(H,35,36)(H4,25,26,27). The molecule has 37 heavy (non-hydrogen) atoms. The first-order valence-corrected chi connectivity index (χ1v) is 12.0. The van der Waals surface area contributed by atoms with Gasteiger partial charge in [-0.25, -0.2) is 4.79 Å². The van der Waals surface area contributed by atoms with Gasteiger partial charge in [-0.1, -0.05) is 30.3 Å². The Bertz CT molecular complexity index is 973. The molecule has 0 aliphatic rings. The van der Waals surface area contributed by atoms with Crippen molar-refractivity contribution in [2.24, 2.45) is 27.9 Å². The lowest BCUT2D eigenvalue weighted by molar-refractivity contribution is -0.143. The molecule has 0 saturated carbocycles. The van der Waals surface area contributed by atoms with Gasteiger partial charge in [-0.05, 0) is 18.4 Å². The second-order valence-electron chi connectivity index (χ2n) is 8.12. The van der Waals surface area contributed by atoms with Gasteiger partial charge in [-0.2, -0.15) is 12.6 Å². The fourth-order valence-corrected chi connectivity index (χ4v) is 3.30. The maximum atomic E-state index is 13.2. The molecule has 0 fully saturated rings. The van der Waals surface area contributed by atoms with Crippen LogP contribution in [0.4, 0.5) is 0 Å². The summed E-state index contributed by atoms with van der Waals surface area (Å²) in [4.78, 5) is 65.1. The molecule has 0 aliphatic carbocycles. The number of nitrogens with zero attached hydrogens (tertiary/aromatic N) is 1. The number of carboxylic acid groups (broad SMARTS) is 1. The highest BCUT2D eigenvalue weighted by atomic mass is 32.1. The third-order valence-corrected chi connectivity index (χ3v) is 5.44. The molecule has 0 heterocycles. The lowest BCUT2D eigenvalue weighted by atomic mass is 10.0. The molecule has 0 aliphatic heterocycles. The summed E-state index contributed by atoms with van der Waals surface area (Å²) >= 11 is 3.98. The van der Waals surface area contributed by atoms with E-state index < -0.39 is 60.2 Å². The Balaban J connectivity index is 3.14. The quantitative estimate of drug-likeness (QED) is 0.0447. The van der Waals surface area contributed by atoms with E-state index >= 15 is 0 Å². The molecule has 0 saturated heterocycles. The molecule has 0 radical (unpaired) electrons. The summed E-state index contributed by atoms with van der Waals surface area (Å²) < 4.78 is 0. The number of nitrogens with two attached hydrogens (primary N) is 4. The molecule has 0 spiro atoms. The molecule has 1 aromatic carbocycles. The van der Waals surface area contributed by atoms with Gasteiger partial charge >= 0.3 is 5.97 Å². The molecular weight excluding hydrogens is 504 g/mol. The Morgan fingerprint density at radius 2 is 1.46 bits per heavy atom. The molecule has 15 heteroatoms. The van der Waals surface area contributed by atoms with Crippen LogP contribution in [-0.2, 0) is 30.4 Å². The van der Waals surface area contributed by atoms with E-state index in [0.717, 1.165) is 0 Å². The second kappa shape index (κ2) is 16.0. The number of hydrogen-bond donors (Lipinski definition) is 9. The smallest absolute Gasteiger partial charge is 0.326 e. The number of guanidine groups is 1. The van der Waals surface area contributed by atoms with Crippen molar-refractivity contribution < 1.29 is 29.1 Å². The maximum Gasteiger partial charge on any atom is 0.326 e. The minimum absolute atomic E-state index is 0.00779. The molecule has 4 unspecified atom stereocenters. The first kappa shape index (κ1) is 31.2. The van der Waals surface area contributed by atoms with E-state index in [4.69, 9.17) is 22.9 Å². The van der Waals surface area contributed by atoms with E-state index in [1.54, 1.807) is 30.3 Å². The average molecular weight is 539 g/mol. The normalized spacial score (nSPS) is 13.8. The van der Waals surface area contributed by atoms with E-state index in [-0.39, 0.29) is 31.1 Å². The van der Waals surface area contributed by atoms with Gasteiger partial charge in [0.05, 0.1) is 12.5 Å². The molecule has 0 bridgehead atoms. The highest BCUT2D eigenvalue weighted by Gasteiger charge is 2.30. The van der Waals surface area contributed by atoms with E-state index in [1.165, 1.54) is 0 Å². The number of aliphatic carboxylic acids is 1. The van der Waals surface area contributed by atoms with Crippen molar-refractivity contribution in [3.63, 3.8) is 0 Å². The Morgan fingerprint density at radius 1 is 0.892 bits per heavy atom. The summed E-state index contributed by atoms with van der Waals surface area (Å²) in [6.07, 6.45) is -0.237. The minimum atomic E-state index is -1.59. The third-order valence-electron chi connectivity index (χ3n) is 5.05. The molecule has 204 valence electrons. The van der Waals surface area contributed by atoms with Crippen LogP contribution >= 0.6 is 12.6 Å². The molecule has 4 atom stereocenters.